The fourth-order valence-corrected chi connectivity index (χ4v) is 1.68. The summed E-state index contributed by atoms with van der Waals surface area (Å²) in [6.07, 6.45) is 1.95. The minimum Gasteiger partial charge on any atom is -0.461 e. The second-order valence-corrected chi connectivity index (χ2v) is 5.21. The van der Waals surface area contributed by atoms with Crippen molar-refractivity contribution in [2.75, 3.05) is 18.4 Å². The molecule has 0 bridgehead atoms. The third-order valence-electron chi connectivity index (χ3n) is 2.58. The first-order valence-corrected chi connectivity index (χ1v) is 7.02. The smallest absolute Gasteiger partial charge is 0.322 e. The maximum atomic E-state index is 11.4. The van der Waals surface area contributed by atoms with Crippen molar-refractivity contribution >= 4 is 23.5 Å². The third-order valence-corrected chi connectivity index (χ3v) is 2.75. The highest BCUT2D eigenvalue weighted by Crippen LogP contribution is 2.28. The quantitative estimate of drug-likeness (QED) is 0.737. The molecule has 0 aromatic carbocycles. The highest BCUT2D eigenvalue weighted by Gasteiger charge is 2.28. The van der Waals surface area contributed by atoms with E-state index in [1.807, 2.05) is 13.8 Å². The van der Waals surface area contributed by atoms with Crippen LogP contribution in [0, 0.1) is 5.92 Å². The van der Waals surface area contributed by atoms with Gasteiger partial charge in [-0.3, -0.25) is 4.79 Å². The molecule has 1 heterocycles. The van der Waals surface area contributed by atoms with Gasteiger partial charge in [-0.2, -0.15) is 15.0 Å². The summed E-state index contributed by atoms with van der Waals surface area (Å²) in [6.45, 7) is 4.77. The number of halogens is 1. The number of carbonyl (C=O) groups is 1. The van der Waals surface area contributed by atoms with Gasteiger partial charge in [0.1, 0.15) is 0 Å². The molecule has 2 rings (SSSR count). The maximum absolute atomic E-state index is 11.4. The van der Waals surface area contributed by atoms with E-state index in [9.17, 15) is 4.79 Å². The Morgan fingerprint density at radius 2 is 2.10 bits per heavy atom. The molecule has 1 aliphatic carbocycles. The molecule has 0 aliphatic heterocycles. The number of ether oxygens (including phenoxy) is 1. The number of hydrogen-bond donors (Lipinski definition) is 2. The van der Waals surface area contributed by atoms with Gasteiger partial charge in [0.2, 0.25) is 17.1 Å². The number of aromatic nitrogens is 3. The van der Waals surface area contributed by atoms with Crippen LogP contribution in [0.3, 0.4) is 0 Å². The standard InChI is InChI=1S/C12H18ClN5O2/c1-7(2)20-12-17-10(13)16-11(18-12)15-6-5-14-9(19)8-3-4-8/h7-8H,3-6H2,1-2H3,(H,14,19)(H,15,16,17,18). The number of anilines is 1. The van der Waals surface area contributed by atoms with Crippen LogP contribution in [0.2, 0.25) is 5.28 Å². The summed E-state index contributed by atoms with van der Waals surface area (Å²) in [6, 6.07) is 0.185. The van der Waals surface area contributed by atoms with Crippen molar-refractivity contribution in [3.8, 4) is 6.01 Å². The Morgan fingerprint density at radius 3 is 2.75 bits per heavy atom. The summed E-state index contributed by atoms with van der Waals surface area (Å²) in [4.78, 5) is 23.3. The zero-order valence-corrected chi connectivity index (χ0v) is 12.3. The van der Waals surface area contributed by atoms with E-state index in [-0.39, 0.29) is 29.2 Å². The highest BCUT2D eigenvalue weighted by atomic mass is 35.5. The normalized spacial score (nSPS) is 14.2. The van der Waals surface area contributed by atoms with E-state index in [1.54, 1.807) is 0 Å². The fourth-order valence-electron chi connectivity index (χ4n) is 1.52. The van der Waals surface area contributed by atoms with Crippen molar-refractivity contribution in [1.29, 1.82) is 0 Å². The van der Waals surface area contributed by atoms with Gasteiger partial charge in [0.25, 0.3) is 0 Å². The first-order valence-electron chi connectivity index (χ1n) is 6.64. The number of nitrogens with zero attached hydrogens (tertiary/aromatic N) is 3. The van der Waals surface area contributed by atoms with Crippen LogP contribution < -0.4 is 15.4 Å². The topological polar surface area (TPSA) is 89.0 Å². The number of nitrogens with one attached hydrogen (secondary N) is 2. The Hall–Kier alpha value is -1.63. The Morgan fingerprint density at radius 1 is 1.35 bits per heavy atom. The van der Waals surface area contributed by atoms with Gasteiger partial charge in [-0.1, -0.05) is 0 Å². The lowest BCUT2D eigenvalue weighted by molar-refractivity contribution is -0.122. The van der Waals surface area contributed by atoms with Crippen LogP contribution in [-0.4, -0.2) is 40.1 Å². The summed E-state index contributed by atoms with van der Waals surface area (Å²) >= 11 is 5.79. The molecule has 0 unspecified atom stereocenters. The molecule has 0 saturated heterocycles. The van der Waals surface area contributed by atoms with Gasteiger partial charge in [-0.05, 0) is 38.3 Å². The van der Waals surface area contributed by atoms with Gasteiger partial charge < -0.3 is 15.4 Å². The molecule has 1 saturated carbocycles. The predicted octanol–water partition coefficient (Wildman–Crippen LogP) is 1.25. The number of amides is 1. The molecule has 8 heteroatoms. The zero-order chi connectivity index (χ0) is 14.5. The van der Waals surface area contributed by atoms with E-state index in [0.717, 1.165) is 12.8 Å². The first kappa shape index (κ1) is 14.8. The molecule has 1 aromatic rings. The van der Waals surface area contributed by atoms with Crippen LogP contribution >= 0.6 is 11.6 Å². The van der Waals surface area contributed by atoms with Crippen LogP contribution in [0.15, 0.2) is 0 Å². The number of carbonyl (C=O) groups excluding carboxylic acids is 1. The molecule has 0 atom stereocenters. The molecule has 1 fully saturated rings. The molecule has 1 amide bonds. The van der Waals surface area contributed by atoms with E-state index < -0.39 is 0 Å². The van der Waals surface area contributed by atoms with E-state index in [2.05, 4.69) is 25.6 Å². The van der Waals surface area contributed by atoms with Crippen LogP contribution in [0.1, 0.15) is 26.7 Å². The summed E-state index contributed by atoms with van der Waals surface area (Å²) in [5.74, 6) is 0.665. The largest absolute Gasteiger partial charge is 0.461 e. The minimum atomic E-state index is -0.0425. The van der Waals surface area contributed by atoms with E-state index in [4.69, 9.17) is 16.3 Å². The second-order valence-electron chi connectivity index (χ2n) is 4.87. The lowest BCUT2D eigenvalue weighted by atomic mass is 10.4. The monoisotopic (exact) mass is 299 g/mol. The first-order chi connectivity index (χ1) is 9.54. The lowest BCUT2D eigenvalue weighted by Crippen LogP contribution is -2.30. The molecule has 1 aliphatic rings. The average Bonchev–Trinajstić information content (AvgIpc) is 3.17. The summed E-state index contributed by atoms with van der Waals surface area (Å²) in [5.41, 5.74) is 0. The van der Waals surface area contributed by atoms with Crippen molar-refractivity contribution in [1.82, 2.24) is 20.3 Å². The number of rotatable bonds is 7. The van der Waals surface area contributed by atoms with E-state index >= 15 is 0 Å². The molecule has 20 heavy (non-hydrogen) atoms. The Labute approximate surface area is 122 Å². The van der Waals surface area contributed by atoms with Crippen LogP contribution in [0.4, 0.5) is 5.95 Å². The second kappa shape index (κ2) is 6.69. The van der Waals surface area contributed by atoms with Crippen LogP contribution in [-0.2, 0) is 4.79 Å². The Balaban J connectivity index is 1.79. The lowest BCUT2D eigenvalue weighted by Gasteiger charge is -2.10. The Bertz CT molecular complexity index is 479. The van der Waals surface area contributed by atoms with Gasteiger partial charge >= 0.3 is 6.01 Å². The molecular formula is C12H18ClN5O2. The fraction of sp³-hybridized carbons (Fsp3) is 0.667. The maximum Gasteiger partial charge on any atom is 0.322 e. The van der Waals surface area contributed by atoms with Gasteiger partial charge in [0, 0.05) is 19.0 Å². The minimum absolute atomic E-state index is 0.0425. The summed E-state index contributed by atoms with van der Waals surface area (Å²) < 4.78 is 5.36. The zero-order valence-electron chi connectivity index (χ0n) is 11.5. The number of hydrogen-bond acceptors (Lipinski definition) is 6. The van der Waals surface area contributed by atoms with Crippen molar-refractivity contribution in [2.45, 2.75) is 32.8 Å². The average molecular weight is 300 g/mol. The predicted molar refractivity (Wildman–Crippen MR) is 74.8 cm³/mol. The summed E-state index contributed by atoms with van der Waals surface area (Å²) in [7, 11) is 0. The van der Waals surface area contributed by atoms with Crippen molar-refractivity contribution < 1.29 is 9.53 Å². The summed E-state index contributed by atoms with van der Waals surface area (Å²) in [5, 5.41) is 5.88. The Kier molecular flexibility index (Phi) is 4.94. The third kappa shape index (κ3) is 4.80. The molecule has 7 nitrogen and oxygen atoms in total. The van der Waals surface area contributed by atoms with Crippen LogP contribution in [0.25, 0.3) is 0 Å². The molecule has 0 spiro atoms. The van der Waals surface area contributed by atoms with Gasteiger partial charge in [0.15, 0.2) is 0 Å². The van der Waals surface area contributed by atoms with E-state index in [0.29, 0.717) is 19.0 Å². The van der Waals surface area contributed by atoms with Gasteiger partial charge in [-0.15, -0.1) is 0 Å². The van der Waals surface area contributed by atoms with E-state index in [1.165, 1.54) is 0 Å². The van der Waals surface area contributed by atoms with Gasteiger partial charge in [0.05, 0.1) is 6.10 Å². The van der Waals surface area contributed by atoms with Crippen molar-refractivity contribution in [3.05, 3.63) is 5.28 Å². The van der Waals surface area contributed by atoms with Crippen molar-refractivity contribution in [3.63, 3.8) is 0 Å². The SMILES string of the molecule is CC(C)Oc1nc(Cl)nc(NCCNC(=O)C2CC2)n1. The van der Waals surface area contributed by atoms with Gasteiger partial charge in [-0.25, -0.2) is 0 Å². The molecular weight excluding hydrogens is 282 g/mol. The molecule has 110 valence electrons. The molecule has 1 aromatic heterocycles. The molecule has 0 radical (unpaired) electrons. The molecule has 2 N–H and O–H groups in total. The van der Waals surface area contributed by atoms with Crippen molar-refractivity contribution in [2.24, 2.45) is 5.92 Å². The highest BCUT2D eigenvalue weighted by molar-refractivity contribution is 6.28. The van der Waals surface area contributed by atoms with Crippen LogP contribution in [0.5, 0.6) is 6.01 Å².